The van der Waals surface area contributed by atoms with Crippen molar-refractivity contribution in [1.29, 1.82) is 0 Å². The molecule has 1 heterocycles. The molecule has 0 spiro atoms. The molecule has 0 unspecified atom stereocenters. The van der Waals surface area contributed by atoms with Crippen molar-refractivity contribution in [3.63, 3.8) is 0 Å². The van der Waals surface area contributed by atoms with Crippen molar-refractivity contribution in [2.75, 3.05) is 65.6 Å². The van der Waals surface area contributed by atoms with Gasteiger partial charge in [0.2, 0.25) is 0 Å². The first-order valence-corrected chi connectivity index (χ1v) is 13.4. The van der Waals surface area contributed by atoms with Gasteiger partial charge in [-0.2, -0.15) is 0 Å². The van der Waals surface area contributed by atoms with Crippen molar-refractivity contribution >= 4 is 46.6 Å². The van der Waals surface area contributed by atoms with Crippen LogP contribution in [0.4, 0.5) is 0 Å². The summed E-state index contributed by atoms with van der Waals surface area (Å²) in [7, 11) is 0. The Labute approximate surface area is 233 Å². The maximum atomic E-state index is 12.9. The number of nitrogens with one attached hydrogen (secondary N) is 1. The van der Waals surface area contributed by atoms with Gasteiger partial charge in [0.05, 0.1) is 22.2 Å². The zero-order valence-corrected chi connectivity index (χ0v) is 23.2. The number of carbonyl (C=O) groups is 2. The fourth-order valence-electron chi connectivity index (χ4n) is 4.10. The van der Waals surface area contributed by atoms with E-state index < -0.39 is 0 Å². The van der Waals surface area contributed by atoms with E-state index in [2.05, 4.69) is 15.1 Å². The molecule has 37 heavy (non-hydrogen) atoms. The Morgan fingerprint density at radius 2 is 1.76 bits per heavy atom. The summed E-state index contributed by atoms with van der Waals surface area (Å²) in [6.45, 7) is 7.78. The monoisotopic (exact) mass is 570 g/mol. The van der Waals surface area contributed by atoms with E-state index in [9.17, 15) is 9.59 Å². The van der Waals surface area contributed by atoms with Gasteiger partial charge in [-0.3, -0.25) is 19.4 Å². The predicted octanol–water partition coefficient (Wildman–Crippen LogP) is 3.41. The fraction of sp³-hybridized carbons (Fsp3) is 0.462. The van der Waals surface area contributed by atoms with Gasteiger partial charge < -0.3 is 20.1 Å². The van der Waals surface area contributed by atoms with Crippen molar-refractivity contribution in [1.82, 2.24) is 20.0 Å². The molecule has 1 saturated heterocycles. The lowest BCUT2D eigenvalue weighted by molar-refractivity contribution is -0.133. The van der Waals surface area contributed by atoms with Crippen LogP contribution in [0.5, 0.6) is 5.75 Å². The molecule has 2 amide bonds. The lowest BCUT2D eigenvalue weighted by atomic mass is 10.2. The van der Waals surface area contributed by atoms with Crippen LogP contribution >= 0.6 is 34.8 Å². The second-order valence-corrected chi connectivity index (χ2v) is 10.00. The molecule has 1 aliphatic heterocycles. The Kier molecular flexibility index (Phi) is 11.8. The van der Waals surface area contributed by atoms with Crippen LogP contribution in [-0.4, -0.2) is 97.2 Å². The smallest absolute Gasteiger partial charge is 0.260 e. The fourth-order valence-corrected chi connectivity index (χ4v) is 4.59. The van der Waals surface area contributed by atoms with E-state index >= 15 is 0 Å². The van der Waals surface area contributed by atoms with Gasteiger partial charge in [0.15, 0.2) is 6.61 Å². The van der Waals surface area contributed by atoms with Crippen LogP contribution in [0.15, 0.2) is 36.4 Å². The minimum atomic E-state index is -0.292. The largest absolute Gasteiger partial charge is 0.483 e. The molecule has 0 atom stereocenters. The average molecular weight is 572 g/mol. The van der Waals surface area contributed by atoms with Crippen molar-refractivity contribution in [2.24, 2.45) is 0 Å². The van der Waals surface area contributed by atoms with Gasteiger partial charge in [0.25, 0.3) is 11.8 Å². The van der Waals surface area contributed by atoms with E-state index in [0.29, 0.717) is 33.7 Å². The third-order valence-electron chi connectivity index (χ3n) is 6.21. The second kappa shape index (κ2) is 14.8. The zero-order valence-electron chi connectivity index (χ0n) is 20.9. The number of aliphatic hydroxyl groups is 1. The SMILES string of the molecule is CCN(CCO)C(=O)COc1cc(Cl)ccc1C(=O)NCCN1CCN(Cc2ccc(Cl)c(Cl)c2)CC1. The first kappa shape index (κ1) is 29.5. The van der Waals surface area contributed by atoms with Crippen LogP contribution < -0.4 is 10.1 Å². The minimum absolute atomic E-state index is 0.128. The normalized spacial score (nSPS) is 14.4. The number of benzene rings is 2. The van der Waals surface area contributed by atoms with Crippen LogP contribution in [0.1, 0.15) is 22.8 Å². The second-order valence-electron chi connectivity index (χ2n) is 8.75. The van der Waals surface area contributed by atoms with Gasteiger partial charge in [0.1, 0.15) is 5.75 Å². The van der Waals surface area contributed by atoms with Gasteiger partial charge in [-0.1, -0.05) is 40.9 Å². The molecule has 2 N–H and O–H groups in total. The molecule has 11 heteroatoms. The van der Waals surface area contributed by atoms with Crippen LogP contribution in [0.3, 0.4) is 0 Å². The Balaban J connectivity index is 1.45. The first-order valence-electron chi connectivity index (χ1n) is 12.3. The van der Waals surface area contributed by atoms with E-state index in [0.717, 1.165) is 44.8 Å². The molecule has 0 aromatic heterocycles. The van der Waals surface area contributed by atoms with E-state index in [1.807, 2.05) is 25.1 Å². The Bertz CT molecular complexity index is 1060. The highest BCUT2D eigenvalue weighted by Gasteiger charge is 2.19. The molecule has 2 aromatic carbocycles. The third kappa shape index (κ3) is 9.02. The molecule has 3 rings (SSSR count). The van der Waals surface area contributed by atoms with Gasteiger partial charge in [-0.05, 0) is 42.8 Å². The molecule has 0 aliphatic carbocycles. The van der Waals surface area contributed by atoms with Crippen molar-refractivity contribution in [2.45, 2.75) is 13.5 Å². The highest BCUT2D eigenvalue weighted by Crippen LogP contribution is 2.24. The van der Waals surface area contributed by atoms with Crippen LogP contribution in [-0.2, 0) is 11.3 Å². The summed E-state index contributed by atoms with van der Waals surface area (Å²) >= 11 is 18.2. The zero-order chi connectivity index (χ0) is 26.8. The van der Waals surface area contributed by atoms with Gasteiger partial charge in [-0.25, -0.2) is 0 Å². The van der Waals surface area contributed by atoms with E-state index in [1.165, 1.54) is 11.0 Å². The molecule has 1 aliphatic rings. The van der Waals surface area contributed by atoms with E-state index in [-0.39, 0.29) is 37.3 Å². The molecule has 2 aromatic rings. The number of hydrogen-bond acceptors (Lipinski definition) is 6. The highest BCUT2D eigenvalue weighted by molar-refractivity contribution is 6.42. The van der Waals surface area contributed by atoms with Gasteiger partial charge in [-0.15, -0.1) is 0 Å². The summed E-state index contributed by atoms with van der Waals surface area (Å²) in [5, 5.41) is 13.6. The summed E-state index contributed by atoms with van der Waals surface area (Å²) < 4.78 is 5.65. The lowest BCUT2D eigenvalue weighted by Gasteiger charge is -2.34. The molecule has 0 bridgehead atoms. The van der Waals surface area contributed by atoms with Crippen LogP contribution in [0, 0.1) is 0 Å². The summed E-state index contributed by atoms with van der Waals surface area (Å²) in [4.78, 5) is 31.4. The standard InChI is InChI=1S/C26H33Cl3N4O4/c1-2-33(13-14-34)25(35)18-37-24-16-20(27)4-5-21(24)26(36)30-7-8-31-9-11-32(12-10-31)17-19-3-6-22(28)23(29)15-19/h3-6,15-16,34H,2,7-14,17-18H2,1H3,(H,30,36). The Morgan fingerprint density at radius 1 is 1.03 bits per heavy atom. The lowest BCUT2D eigenvalue weighted by Crippen LogP contribution is -2.48. The number of carbonyl (C=O) groups excluding carboxylic acids is 2. The molecule has 1 fully saturated rings. The molecular weight excluding hydrogens is 539 g/mol. The maximum absolute atomic E-state index is 12.9. The Hall–Kier alpha value is -2.07. The van der Waals surface area contributed by atoms with Crippen molar-refractivity contribution in [3.8, 4) is 5.75 Å². The summed E-state index contributed by atoms with van der Waals surface area (Å²) in [6.07, 6.45) is 0. The number of amides is 2. The number of rotatable bonds is 12. The van der Waals surface area contributed by atoms with Crippen LogP contribution in [0.25, 0.3) is 0 Å². The van der Waals surface area contributed by atoms with E-state index in [1.54, 1.807) is 12.1 Å². The minimum Gasteiger partial charge on any atom is -0.483 e. The number of likely N-dealkylation sites (N-methyl/N-ethyl adjacent to an activating group) is 1. The van der Waals surface area contributed by atoms with Crippen molar-refractivity contribution < 1.29 is 19.4 Å². The number of aliphatic hydroxyl groups excluding tert-OH is 1. The summed E-state index contributed by atoms with van der Waals surface area (Å²) in [6, 6.07) is 10.5. The molecule has 202 valence electrons. The molecule has 0 radical (unpaired) electrons. The van der Waals surface area contributed by atoms with Gasteiger partial charge >= 0.3 is 0 Å². The molecule has 8 nitrogen and oxygen atoms in total. The average Bonchev–Trinajstić information content (AvgIpc) is 2.89. The number of ether oxygens (including phenoxy) is 1. The van der Waals surface area contributed by atoms with E-state index in [4.69, 9.17) is 44.6 Å². The van der Waals surface area contributed by atoms with Crippen LogP contribution in [0.2, 0.25) is 15.1 Å². The quantitative estimate of drug-likeness (QED) is 0.406. The third-order valence-corrected chi connectivity index (χ3v) is 7.19. The summed E-state index contributed by atoms with van der Waals surface area (Å²) in [5.41, 5.74) is 1.45. The highest BCUT2D eigenvalue weighted by atomic mass is 35.5. The summed E-state index contributed by atoms with van der Waals surface area (Å²) in [5.74, 6) is -0.324. The van der Waals surface area contributed by atoms with Gasteiger partial charge in [0, 0.05) is 63.9 Å². The predicted molar refractivity (Wildman–Crippen MR) is 147 cm³/mol. The molecule has 0 saturated carbocycles. The van der Waals surface area contributed by atoms with Crippen molar-refractivity contribution in [3.05, 3.63) is 62.6 Å². The molecular formula is C26H33Cl3N4O4. The number of piperazine rings is 1. The number of hydrogen-bond donors (Lipinski definition) is 2. The number of nitrogens with zero attached hydrogens (tertiary/aromatic N) is 3. The topological polar surface area (TPSA) is 85.3 Å². The maximum Gasteiger partial charge on any atom is 0.260 e. The first-order chi connectivity index (χ1) is 17.8. The number of halogens is 3. The Morgan fingerprint density at radius 3 is 2.43 bits per heavy atom.